The molecule has 2 heterocycles. The number of benzene rings is 1. The van der Waals surface area contributed by atoms with Gasteiger partial charge in [-0.1, -0.05) is 31.0 Å². The predicted octanol–water partition coefficient (Wildman–Crippen LogP) is 0.833. The topological polar surface area (TPSA) is 107 Å². The molecule has 0 spiro atoms. The number of nitrogens with one attached hydrogen (secondary N) is 2. The molecule has 1 aliphatic heterocycles. The number of aromatic nitrogens is 4. The number of β-amino-alcohol motifs (C(OH)–C–C–N with tert-alkyl or cyclic N) is 1. The van der Waals surface area contributed by atoms with E-state index in [1.807, 2.05) is 6.07 Å². The Bertz CT molecular complexity index is 668. The normalized spacial score (nSPS) is 17.0. The van der Waals surface area contributed by atoms with Gasteiger partial charge in [0, 0.05) is 18.7 Å². The highest BCUT2D eigenvalue weighted by Crippen LogP contribution is 2.18. The Morgan fingerprint density at radius 3 is 2.72 bits per heavy atom. The van der Waals surface area contributed by atoms with Crippen molar-refractivity contribution in [1.29, 1.82) is 0 Å². The van der Waals surface area contributed by atoms with Crippen LogP contribution in [0, 0.1) is 0 Å². The zero-order valence-electron chi connectivity index (χ0n) is 14.2. The van der Waals surface area contributed by atoms with Gasteiger partial charge in [-0.15, -0.1) is 10.2 Å². The lowest BCUT2D eigenvalue weighted by Gasteiger charge is -2.23. The third-order valence-corrected chi connectivity index (χ3v) is 4.42. The number of nitrogens with zero attached hydrogens (tertiary/aromatic N) is 4. The molecule has 1 aromatic heterocycles. The van der Waals surface area contributed by atoms with Gasteiger partial charge in [0.1, 0.15) is 0 Å². The fourth-order valence-corrected chi connectivity index (χ4v) is 3.14. The Hall–Kier alpha value is -2.32. The highest BCUT2D eigenvalue weighted by molar-refractivity contribution is 6.00. The van der Waals surface area contributed by atoms with E-state index in [0.717, 1.165) is 13.1 Å². The second kappa shape index (κ2) is 8.68. The van der Waals surface area contributed by atoms with Crippen LogP contribution in [0.25, 0.3) is 11.4 Å². The van der Waals surface area contributed by atoms with Crippen molar-refractivity contribution in [3.8, 4) is 11.4 Å². The molecule has 0 radical (unpaired) electrons. The van der Waals surface area contributed by atoms with Crippen LogP contribution >= 0.6 is 0 Å². The summed E-state index contributed by atoms with van der Waals surface area (Å²) in [6.45, 7) is 2.85. The van der Waals surface area contributed by atoms with Gasteiger partial charge in [-0.05, 0) is 37.2 Å². The fourth-order valence-electron chi connectivity index (χ4n) is 3.14. The number of likely N-dealkylation sites (tertiary alicyclic amines) is 1. The summed E-state index contributed by atoms with van der Waals surface area (Å²) in [5.74, 6) is 0.117. The number of amides is 1. The van der Waals surface area contributed by atoms with Gasteiger partial charge in [0.25, 0.3) is 5.91 Å². The molecule has 8 nitrogen and oxygen atoms in total. The van der Waals surface area contributed by atoms with Crippen LogP contribution in [0.2, 0.25) is 0 Å². The SMILES string of the molecule is O=C(NC[C@@H](O)CN1CCCCCC1)c1ccccc1-c1nn[nH]n1. The van der Waals surface area contributed by atoms with Crippen LogP contribution in [0.5, 0.6) is 0 Å². The molecular formula is C17H24N6O2. The second-order valence-electron chi connectivity index (χ2n) is 6.36. The van der Waals surface area contributed by atoms with Crippen LogP contribution in [0.4, 0.5) is 0 Å². The van der Waals surface area contributed by atoms with Gasteiger partial charge in [0.2, 0.25) is 5.82 Å². The summed E-state index contributed by atoms with van der Waals surface area (Å²) in [6, 6.07) is 7.08. The number of carbonyl (C=O) groups is 1. The Labute approximate surface area is 146 Å². The molecule has 0 aliphatic carbocycles. The van der Waals surface area contributed by atoms with Crippen molar-refractivity contribution in [2.24, 2.45) is 0 Å². The van der Waals surface area contributed by atoms with Gasteiger partial charge in [0.05, 0.1) is 11.7 Å². The van der Waals surface area contributed by atoms with Crippen molar-refractivity contribution in [3.63, 3.8) is 0 Å². The molecule has 2 aromatic rings. The summed E-state index contributed by atoms with van der Waals surface area (Å²) in [6.07, 6.45) is 4.29. The maximum Gasteiger partial charge on any atom is 0.252 e. The molecule has 0 unspecified atom stereocenters. The highest BCUT2D eigenvalue weighted by atomic mass is 16.3. The van der Waals surface area contributed by atoms with Gasteiger partial charge in [0.15, 0.2) is 0 Å². The van der Waals surface area contributed by atoms with Crippen LogP contribution < -0.4 is 5.32 Å². The van der Waals surface area contributed by atoms with Crippen molar-refractivity contribution in [3.05, 3.63) is 29.8 Å². The van der Waals surface area contributed by atoms with E-state index in [1.54, 1.807) is 18.2 Å². The second-order valence-corrected chi connectivity index (χ2v) is 6.36. The van der Waals surface area contributed by atoms with Crippen molar-refractivity contribution < 1.29 is 9.90 Å². The predicted molar refractivity (Wildman–Crippen MR) is 92.9 cm³/mol. The maximum absolute atomic E-state index is 12.5. The summed E-state index contributed by atoms with van der Waals surface area (Å²) in [5, 5.41) is 26.8. The molecular weight excluding hydrogens is 320 g/mol. The number of aliphatic hydroxyl groups is 1. The van der Waals surface area contributed by atoms with Gasteiger partial charge in [-0.2, -0.15) is 5.21 Å². The quantitative estimate of drug-likeness (QED) is 0.717. The van der Waals surface area contributed by atoms with Gasteiger partial charge in [-0.3, -0.25) is 4.79 Å². The minimum atomic E-state index is -0.584. The molecule has 0 saturated carbocycles. The van der Waals surface area contributed by atoms with Crippen molar-refractivity contribution in [1.82, 2.24) is 30.8 Å². The molecule has 3 rings (SSSR count). The minimum absolute atomic E-state index is 0.218. The zero-order chi connectivity index (χ0) is 17.5. The molecule has 1 aromatic carbocycles. The van der Waals surface area contributed by atoms with Crippen LogP contribution in [0.3, 0.4) is 0 Å². The van der Waals surface area contributed by atoms with E-state index in [1.165, 1.54) is 25.7 Å². The van der Waals surface area contributed by atoms with Crippen LogP contribution in [-0.2, 0) is 0 Å². The van der Waals surface area contributed by atoms with Crippen molar-refractivity contribution >= 4 is 5.91 Å². The average molecular weight is 344 g/mol. The van der Waals surface area contributed by atoms with Crippen molar-refractivity contribution in [2.45, 2.75) is 31.8 Å². The number of aromatic amines is 1. The van der Waals surface area contributed by atoms with E-state index >= 15 is 0 Å². The Kier molecular flexibility index (Phi) is 6.08. The van der Waals surface area contributed by atoms with Gasteiger partial charge >= 0.3 is 0 Å². The molecule has 1 aliphatic rings. The summed E-state index contributed by atoms with van der Waals surface area (Å²) >= 11 is 0. The molecule has 134 valence electrons. The molecule has 1 fully saturated rings. The van der Waals surface area contributed by atoms with Crippen LogP contribution in [-0.4, -0.2) is 68.8 Å². The summed E-state index contributed by atoms with van der Waals surface area (Å²) in [5.41, 5.74) is 1.07. The summed E-state index contributed by atoms with van der Waals surface area (Å²) in [7, 11) is 0. The van der Waals surface area contributed by atoms with E-state index in [2.05, 4.69) is 30.8 Å². The maximum atomic E-state index is 12.5. The first kappa shape index (κ1) is 17.5. The molecule has 3 N–H and O–H groups in total. The first-order valence-electron chi connectivity index (χ1n) is 8.75. The Balaban J connectivity index is 1.56. The minimum Gasteiger partial charge on any atom is -0.390 e. The largest absolute Gasteiger partial charge is 0.390 e. The molecule has 0 bridgehead atoms. The molecule has 1 atom stereocenters. The van der Waals surface area contributed by atoms with Crippen LogP contribution in [0.1, 0.15) is 36.0 Å². The molecule has 25 heavy (non-hydrogen) atoms. The van der Waals surface area contributed by atoms with E-state index < -0.39 is 6.10 Å². The van der Waals surface area contributed by atoms with Crippen LogP contribution in [0.15, 0.2) is 24.3 Å². The Morgan fingerprint density at radius 1 is 1.24 bits per heavy atom. The molecule has 1 saturated heterocycles. The van der Waals surface area contributed by atoms with E-state index in [0.29, 0.717) is 23.5 Å². The lowest BCUT2D eigenvalue weighted by Crippen LogP contribution is -2.40. The molecule has 8 heteroatoms. The lowest BCUT2D eigenvalue weighted by molar-refractivity contribution is 0.0863. The average Bonchev–Trinajstić information content (AvgIpc) is 3.05. The summed E-state index contributed by atoms with van der Waals surface area (Å²) in [4.78, 5) is 14.8. The van der Waals surface area contributed by atoms with Gasteiger partial charge in [-0.25, -0.2) is 0 Å². The van der Waals surface area contributed by atoms with E-state index in [-0.39, 0.29) is 12.5 Å². The number of hydrogen-bond donors (Lipinski definition) is 3. The van der Waals surface area contributed by atoms with Crippen molar-refractivity contribution in [2.75, 3.05) is 26.2 Å². The number of hydrogen-bond acceptors (Lipinski definition) is 6. The van der Waals surface area contributed by atoms with E-state index in [9.17, 15) is 9.90 Å². The third-order valence-electron chi connectivity index (χ3n) is 4.42. The summed E-state index contributed by atoms with van der Waals surface area (Å²) < 4.78 is 0. The van der Waals surface area contributed by atoms with E-state index in [4.69, 9.17) is 0 Å². The number of rotatable bonds is 6. The molecule has 1 amide bonds. The third kappa shape index (κ3) is 4.83. The first-order chi connectivity index (χ1) is 12.2. The smallest absolute Gasteiger partial charge is 0.252 e. The first-order valence-corrected chi connectivity index (χ1v) is 8.75. The number of H-pyrrole nitrogens is 1. The van der Waals surface area contributed by atoms with Gasteiger partial charge < -0.3 is 15.3 Å². The number of aliphatic hydroxyl groups excluding tert-OH is 1. The highest BCUT2D eigenvalue weighted by Gasteiger charge is 2.18. The lowest BCUT2D eigenvalue weighted by atomic mass is 10.1. The number of tetrazole rings is 1. The zero-order valence-corrected chi connectivity index (χ0v) is 14.2. The monoisotopic (exact) mass is 344 g/mol. The standard InChI is InChI=1S/C17H24N6O2/c24-13(12-23-9-5-1-2-6-10-23)11-18-17(25)15-8-4-3-7-14(15)16-19-21-22-20-16/h3-4,7-8,13,24H,1-2,5-6,9-12H2,(H,18,25)(H,19,20,21,22)/t13-/m1/s1. The Morgan fingerprint density at radius 2 is 2.00 bits per heavy atom. The number of carbonyl (C=O) groups excluding carboxylic acids is 1. The fraction of sp³-hybridized carbons (Fsp3) is 0.529.